The lowest BCUT2D eigenvalue weighted by Gasteiger charge is -2.09. The Hall–Kier alpha value is -2.96. The maximum atomic E-state index is 11.7. The summed E-state index contributed by atoms with van der Waals surface area (Å²) < 4.78 is 25.1. The molecule has 0 fully saturated rings. The van der Waals surface area contributed by atoms with E-state index in [0.717, 1.165) is 0 Å². The van der Waals surface area contributed by atoms with Crippen LogP contribution in [0.1, 0.15) is 16.3 Å². The Morgan fingerprint density at radius 3 is 2.48 bits per heavy atom. The molecule has 7 heteroatoms. The first-order valence-electron chi connectivity index (χ1n) is 6.72. The molecule has 0 unspecified atom stereocenters. The van der Waals surface area contributed by atoms with E-state index < -0.39 is 11.9 Å². The predicted octanol–water partition coefficient (Wildman–Crippen LogP) is 2.20. The Labute approximate surface area is 132 Å². The summed E-state index contributed by atoms with van der Waals surface area (Å²) in [6, 6.07) is 9.93. The molecule has 0 atom stereocenters. The lowest BCUT2D eigenvalue weighted by Crippen LogP contribution is -2.14. The molecule has 0 amide bonds. The summed E-state index contributed by atoms with van der Waals surface area (Å²) >= 11 is 0. The Kier molecular flexibility index (Phi) is 5.62. The van der Waals surface area contributed by atoms with Gasteiger partial charge in [-0.05, 0) is 24.3 Å². The smallest absolute Gasteiger partial charge is 0.373 e. The zero-order chi connectivity index (χ0) is 16.7. The molecule has 2 aromatic rings. The molecule has 0 aliphatic heterocycles. The van der Waals surface area contributed by atoms with E-state index in [4.69, 9.17) is 18.6 Å². The lowest BCUT2D eigenvalue weighted by atomic mass is 10.3. The second-order valence-electron chi connectivity index (χ2n) is 4.36. The molecule has 0 spiro atoms. The molecule has 1 aromatic carbocycles. The van der Waals surface area contributed by atoms with Gasteiger partial charge in [-0.3, -0.25) is 0 Å². The molecule has 0 aliphatic rings. The number of esters is 2. The molecule has 0 N–H and O–H groups in total. The fourth-order valence-corrected chi connectivity index (χ4v) is 1.73. The van der Waals surface area contributed by atoms with E-state index in [0.29, 0.717) is 17.3 Å². The van der Waals surface area contributed by atoms with Crippen molar-refractivity contribution in [2.75, 3.05) is 20.8 Å². The number of ether oxygens (including phenoxy) is 4. The highest BCUT2D eigenvalue weighted by molar-refractivity contribution is 5.86. The SMILES string of the molecule is COC(=O)c1ccc(COC(=O)COc2ccccc2OC)o1. The zero-order valence-electron chi connectivity index (χ0n) is 12.7. The largest absolute Gasteiger partial charge is 0.493 e. The van der Waals surface area contributed by atoms with Gasteiger partial charge in [0, 0.05) is 0 Å². The first kappa shape index (κ1) is 16.4. The van der Waals surface area contributed by atoms with Crippen molar-refractivity contribution in [3.05, 3.63) is 47.9 Å². The number of methoxy groups -OCH3 is 2. The summed E-state index contributed by atoms with van der Waals surface area (Å²) in [6.45, 7) is -0.379. The summed E-state index contributed by atoms with van der Waals surface area (Å²) in [4.78, 5) is 22.9. The topological polar surface area (TPSA) is 84.2 Å². The first-order valence-corrected chi connectivity index (χ1v) is 6.72. The van der Waals surface area contributed by atoms with Gasteiger partial charge in [-0.25, -0.2) is 9.59 Å². The predicted molar refractivity (Wildman–Crippen MR) is 78.3 cm³/mol. The van der Waals surface area contributed by atoms with Crippen molar-refractivity contribution >= 4 is 11.9 Å². The Morgan fingerprint density at radius 1 is 1.04 bits per heavy atom. The second kappa shape index (κ2) is 7.88. The monoisotopic (exact) mass is 320 g/mol. The van der Waals surface area contributed by atoms with Crippen molar-refractivity contribution in [3.63, 3.8) is 0 Å². The fraction of sp³-hybridized carbons (Fsp3) is 0.250. The molecule has 1 aromatic heterocycles. The van der Waals surface area contributed by atoms with E-state index in [1.165, 1.54) is 26.4 Å². The molecule has 0 saturated heterocycles. The van der Waals surface area contributed by atoms with Crippen LogP contribution in [0, 0.1) is 0 Å². The van der Waals surface area contributed by atoms with Crippen molar-refractivity contribution in [1.29, 1.82) is 0 Å². The van der Waals surface area contributed by atoms with E-state index >= 15 is 0 Å². The highest BCUT2D eigenvalue weighted by Crippen LogP contribution is 2.25. The molecule has 0 aliphatic carbocycles. The number of para-hydroxylation sites is 2. The maximum Gasteiger partial charge on any atom is 0.373 e. The molecule has 23 heavy (non-hydrogen) atoms. The number of benzene rings is 1. The van der Waals surface area contributed by atoms with Crippen LogP contribution in [0.15, 0.2) is 40.8 Å². The van der Waals surface area contributed by atoms with Crippen molar-refractivity contribution in [1.82, 2.24) is 0 Å². The van der Waals surface area contributed by atoms with Gasteiger partial charge in [0.05, 0.1) is 14.2 Å². The van der Waals surface area contributed by atoms with Gasteiger partial charge in [0.1, 0.15) is 12.4 Å². The van der Waals surface area contributed by atoms with Crippen molar-refractivity contribution in [3.8, 4) is 11.5 Å². The third-order valence-corrected chi connectivity index (χ3v) is 2.84. The van der Waals surface area contributed by atoms with Crippen LogP contribution in [0.25, 0.3) is 0 Å². The first-order chi connectivity index (χ1) is 11.1. The normalized spacial score (nSPS) is 10.0. The molecular formula is C16H16O7. The molecule has 7 nitrogen and oxygen atoms in total. The van der Waals surface area contributed by atoms with Crippen molar-refractivity contribution in [2.45, 2.75) is 6.61 Å². The van der Waals surface area contributed by atoms with Gasteiger partial charge < -0.3 is 23.4 Å². The quantitative estimate of drug-likeness (QED) is 0.723. The maximum absolute atomic E-state index is 11.7. The lowest BCUT2D eigenvalue weighted by molar-refractivity contribution is -0.147. The average Bonchev–Trinajstić information content (AvgIpc) is 3.06. The van der Waals surface area contributed by atoms with Crippen LogP contribution in [-0.4, -0.2) is 32.8 Å². The van der Waals surface area contributed by atoms with Gasteiger partial charge in [0.15, 0.2) is 18.1 Å². The van der Waals surface area contributed by atoms with Crippen LogP contribution in [0.4, 0.5) is 0 Å². The number of carbonyl (C=O) groups is 2. The third-order valence-electron chi connectivity index (χ3n) is 2.84. The summed E-state index contributed by atoms with van der Waals surface area (Å²) in [5.41, 5.74) is 0. The van der Waals surface area contributed by atoms with Gasteiger partial charge in [0.25, 0.3) is 0 Å². The highest BCUT2D eigenvalue weighted by Gasteiger charge is 2.13. The van der Waals surface area contributed by atoms with Gasteiger partial charge in [-0.1, -0.05) is 12.1 Å². The summed E-state index contributed by atoms with van der Waals surface area (Å²) in [5.74, 6) is 0.167. The Balaban J connectivity index is 1.81. The van der Waals surface area contributed by atoms with Crippen molar-refractivity contribution in [2.24, 2.45) is 0 Å². The molecule has 122 valence electrons. The molecule has 0 radical (unpaired) electrons. The Bertz CT molecular complexity index is 675. The summed E-state index contributed by atoms with van der Waals surface area (Å²) in [7, 11) is 2.76. The standard InChI is InChI=1S/C16H16O7/c1-19-12-5-3-4-6-13(12)21-10-15(17)22-9-11-7-8-14(23-11)16(18)20-2/h3-8H,9-10H2,1-2H3. The van der Waals surface area contributed by atoms with E-state index in [1.54, 1.807) is 24.3 Å². The van der Waals surface area contributed by atoms with Gasteiger partial charge in [-0.15, -0.1) is 0 Å². The minimum absolute atomic E-state index is 0.0452. The fourth-order valence-electron chi connectivity index (χ4n) is 1.73. The molecule has 0 saturated carbocycles. The number of hydrogen-bond donors (Lipinski definition) is 0. The van der Waals surface area contributed by atoms with Crippen LogP contribution >= 0.6 is 0 Å². The van der Waals surface area contributed by atoms with Crippen LogP contribution in [0.2, 0.25) is 0 Å². The molecule has 2 rings (SSSR count). The number of rotatable bonds is 7. The van der Waals surface area contributed by atoms with Gasteiger partial charge in [0.2, 0.25) is 5.76 Å². The second-order valence-corrected chi connectivity index (χ2v) is 4.36. The third kappa shape index (κ3) is 4.50. The number of carbonyl (C=O) groups excluding carboxylic acids is 2. The van der Waals surface area contributed by atoms with E-state index in [9.17, 15) is 9.59 Å². The minimum atomic E-state index is -0.595. The van der Waals surface area contributed by atoms with Gasteiger partial charge >= 0.3 is 11.9 Å². The number of hydrogen-bond acceptors (Lipinski definition) is 7. The van der Waals surface area contributed by atoms with Gasteiger partial charge in [-0.2, -0.15) is 0 Å². The van der Waals surface area contributed by atoms with Crippen LogP contribution in [-0.2, 0) is 20.9 Å². The highest BCUT2D eigenvalue weighted by atomic mass is 16.6. The van der Waals surface area contributed by atoms with Crippen LogP contribution < -0.4 is 9.47 Å². The summed E-state index contributed by atoms with van der Waals surface area (Å²) in [6.07, 6.45) is 0. The zero-order valence-corrected chi connectivity index (χ0v) is 12.7. The average molecular weight is 320 g/mol. The Morgan fingerprint density at radius 2 is 1.78 bits per heavy atom. The molecule has 1 heterocycles. The van der Waals surface area contributed by atoms with Crippen molar-refractivity contribution < 1.29 is 33.0 Å². The van der Waals surface area contributed by atoms with E-state index in [2.05, 4.69) is 4.74 Å². The minimum Gasteiger partial charge on any atom is -0.493 e. The van der Waals surface area contributed by atoms with E-state index in [-0.39, 0.29) is 19.0 Å². The van der Waals surface area contributed by atoms with E-state index in [1.807, 2.05) is 0 Å². The summed E-state index contributed by atoms with van der Waals surface area (Å²) in [5, 5.41) is 0. The molecule has 0 bridgehead atoms. The molecular weight excluding hydrogens is 304 g/mol. The van der Waals surface area contributed by atoms with Crippen LogP contribution in [0.5, 0.6) is 11.5 Å². The number of furan rings is 1. The van der Waals surface area contributed by atoms with Crippen LogP contribution in [0.3, 0.4) is 0 Å².